The zero-order chi connectivity index (χ0) is 23.1. The molecule has 0 saturated heterocycles. The monoisotopic (exact) mass is 446 g/mol. The summed E-state index contributed by atoms with van der Waals surface area (Å²) in [6.07, 6.45) is -4.77. The molecule has 1 aliphatic heterocycles. The maximum absolute atomic E-state index is 14.2. The van der Waals surface area contributed by atoms with Gasteiger partial charge in [-0.3, -0.25) is 0 Å². The summed E-state index contributed by atoms with van der Waals surface area (Å²) in [5.41, 5.74) is 1.59. The van der Waals surface area contributed by atoms with Gasteiger partial charge in [-0.2, -0.15) is 13.2 Å². The fourth-order valence-corrected chi connectivity index (χ4v) is 4.50. The minimum atomic E-state index is -4.44. The first-order chi connectivity index (χ1) is 15.0. The van der Waals surface area contributed by atoms with Crippen LogP contribution in [0, 0.1) is 0 Å². The lowest BCUT2D eigenvalue weighted by atomic mass is 10.0. The largest absolute Gasteiger partial charge is 0.418 e. The Bertz CT molecular complexity index is 1080. The van der Waals surface area contributed by atoms with Crippen molar-refractivity contribution >= 4 is 10.9 Å². The number of para-hydroxylation sites is 1. The lowest BCUT2D eigenvalue weighted by Crippen LogP contribution is -2.42. The molecule has 172 valence electrons. The van der Waals surface area contributed by atoms with E-state index in [4.69, 9.17) is 4.74 Å². The standard InChI is InChI=1S/C25H29F3N2O2/c1-24(2,3)32-23(31)29-14-15-30-20(13-12-17-8-5-4-6-9-17)21(25(26,27)28)19-11-7-10-18(16-29)22(19)30/h4-11,23,31H,12-16H2,1-3H3. The fourth-order valence-electron chi connectivity index (χ4n) is 4.50. The highest BCUT2D eigenvalue weighted by Gasteiger charge is 2.39. The van der Waals surface area contributed by atoms with Crippen molar-refractivity contribution in [3.05, 3.63) is 70.9 Å². The van der Waals surface area contributed by atoms with E-state index in [1.54, 1.807) is 21.6 Å². The number of nitrogens with zero attached hydrogens (tertiary/aromatic N) is 2. The van der Waals surface area contributed by atoms with Gasteiger partial charge in [-0.25, -0.2) is 4.90 Å². The smallest absolute Gasteiger partial charge is 0.356 e. The molecule has 32 heavy (non-hydrogen) atoms. The molecule has 0 radical (unpaired) electrons. The molecule has 0 saturated carbocycles. The number of halogens is 3. The third-order valence-electron chi connectivity index (χ3n) is 5.81. The molecule has 0 aliphatic carbocycles. The highest BCUT2D eigenvalue weighted by molar-refractivity contribution is 5.89. The molecule has 7 heteroatoms. The van der Waals surface area contributed by atoms with E-state index in [1.807, 2.05) is 57.2 Å². The lowest BCUT2D eigenvalue weighted by Gasteiger charge is -2.31. The van der Waals surface area contributed by atoms with Crippen LogP contribution in [0.25, 0.3) is 10.9 Å². The van der Waals surface area contributed by atoms with E-state index in [0.717, 1.165) is 11.1 Å². The Kier molecular flexibility index (Phi) is 6.09. The van der Waals surface area contributed by atoms with Crippen molar-refractivity contribution in [2.75, 3.05) is 6.54 Å². The van der Waals surface area contributed by atoms with Gasteiger partial charge in [-0.05, 0) is 44.7 Å². The van der Waals surface area contributed by atoms with Crippen LogP contribution in [0.15, 0.2) is 48.5 Å². The molecule has 0 amide bonds. The topological polar surface area (TPSA) is 37.6 Å². The molecular formula is C25H29F3N2O2. The first kappa shape index (κ1) is 22.8. The predicted octanol–water partition coefficient (Wildman–Crippen LogP) is 5.35. The second-order valence-corrected chi connectivity index (χ2v) is 9.30. The molecule has 1 N–H and O–H groups in total. The van der Waals surface area contributed by atoms with Gasteiger partial charge in [-0.15, -0.1) is 0 Å². The molecule has 2 heterocycles. The Morgan fingerprint density at radius 1 is 0.969 bits per heavy atom. The van der Waals surface area contributed by atoms with Crippen LogP contribution < -0.4 is 0 Å². The van der Waals surface area contributed by atoms with E-state index in [2.05, 4.69) is 0 Å². The Hall–Kier alpha value is -2.35. The Morgan fingerprint density at radius 3 is 2.34 bits per heavy atom. The molecule has 1 aliphatic rings. The molecule has 0 fully saturated rings. The summed E-state index contributed by atoms with van der Waals surface area (Å²) in [5, 5.41) is 10.9. The summed E-state index contributed by atoms with van der Waals surface area (Å²) >= 11 is 0. The van der Waals surface area contributed by atoms with Crippen molar-refractivity contribution in [1.82, 2.24) is 9.47 Å². The number of alkyl halides is 3. The molecule has 3 aromatic rings. The van der Waals surface area contributed by atoms with Crippen molar-refractivity contribution in [2.24, 2.45) is 0 Å². The van der Waals surface area contributed by atoms with E-state index in [9.17, 15) is 18.3 Å². The number of hydrogen-bond acceptors (Lipinski definition) is 3. The summed E-state index contributed by atoms with van der Waals surface area (Å²) in [5.74, 6) is 0. The van der Waals surface area contributed by atoms with Gasteiger partial charge < -0.3 is 14.4 Å². The first-order valence-electron chi connectivity index (χ1n) is 10.9. The van der Waals surface area contributed by atoms with Gasteiger partial charge in [0.1, 0.15) is 0 Å². The summed E-state index contributed by atoms with van der Waals surface area (Å²) < 4.78 is 50.2. The van der Waals surface area contributed by atoms with E-state index in [-0.39, 0.29) is 11.8 Å². The summed E-state index contributed by atoms with van der Waals surface area (Å²) in [7, 11) is 0. The third kappa shape index (κ3) is 4.70. The first-order valence-corrected chi connectivity index (χ1v) is 10.9. The minimum Gasteiger partial charge on any atom is -0.356 e. The van der Waals surface area contributed by atoms with E-state index in [0.29, 0.717) is 37.3 Å². The fraction of sp³-hybridized carbons (Fsp3) is 0.440. The number of ether oxygens (including phenoxy) is 1. The predicted molar refractivity (Wildman–Crippen MR) is 118 cm³/mol. The maximum Gasteiger partial charge on any atom is 0.418 e. The van der Waals surface area contributed by atoms with Crippen LogP contribution in [0.5, 0.6) is 0 Å². The molecule has 2 aromatic carbocycles. The summed E-state index contributed by atoms with van der Waals surface area (Å²) in [6, 6.07) is 14.6. The van der Waals surface area contributed by atoms with Crippen LogP contribution in [0.2, 0.25) is 0 Å². The van der Waals surface area contributed by atoms with Crippen LogP contribution >= 0.6 is 0 Å². The molecule has 0 bridgehead atoms. The average Bonchev–Trinajstić information content (AvgIpc) is 2.89. The van der Waals surface area contributed by atoms with Gasteiger partial charge >= 0.3 is 6.18 Å². The van der Waals surface area contributed by atoms with Crippen LogP contribution in [-0.2, 0) is 36.8 Å². The van der Waals surface area contributed by atoms with Crippen molar-refractivity contribution in [1.29, 1.82) is 0 Å². The molecule has 0 spiro atoms. The van der Waals surface area contributed by atoms with Crippen molar-refractivity contribution in [3.63, 3.8) is 0 Å². The van der Waals surface area contributed by atoms with E-state index >= 15 is 0 Å². The zero-order valence-electron chi connectivity index (χ0n) is 18.6. The highest BCUT2D eigenvalue weighted by atomic mass is 19.4. The normalized spacial score (nSPS) is 16.3. The second kappa shape index (κ2) is 8.54. The number of aliphatic hydroxyl groups is 1. The summed E-state index contributed by atoms with van der Waals surface area (Å²) in [4.78, 5) is 1.77. The minimum absolute atomic E-state index is 0.228. The molecule has 4 nitrogen and oxygen atoms in total. The van der Waals surface area contributed by atoms with Crippen LogP contribution in [-0.4, -0.2) is 33.1 Å². The van der Waals surface area contributed by atoms with Crippen molar-refractivity contribution in [2.45, 2.75) is 64.9 Å². The van der Waals surface area contributed by atoms with Gasteiger partial charge in [-0.1, -0.05) is 48.5 Å². The van der Waals surface area contributed by atoms with Crippen LogP contribution in [0.4, 0.5) is 13.2 Å². The summed E-state index contributed by atoms with van der Waals surface area (Å²) in [6.45, 7) is 6.61. The van der Waals surface area contributed by atoms with Crippen molar-refractivity contribution in [3.8, 4) is 0 Å². The van der Waals surface area contributed by atoms with E-state index in [1.165, 1.54) is 0 Å². The Labute approximate surface area is 186 Å². The van der Waals surface area contributed by atoms with Gasteiger partial charge in [0.2, 0.25) is 6.41 Å². The van der Waals surface area contributed by atoms with Gasteiger partial charge in [0.05, 0.1) is 16.7 Å². The SMILES string of the molecule is CC(C)(C)OC(O)N1CCn2c(CCc3ccccc3)c(C(F)(F)F)c3cccc(c32)C1. The number of hydrogen-bond donors (Lipinski definition) is 1. The molecule has 1 atom stereocenters. The second-order valence-electron chi connectivity index (χ2n) is 9.30. The maximum atomic E-state index is 14.2. The van der Waals surface area contributed by atoms with Crippen LogP contribution in [0.3, 0.4) is 0 Å². The zero-order valence-corrected chi connectivity index (χ0v) is 18.6. The Morgan fingerprint density at radius 2 is 1.69 bits per heavy atom. The molecular weight excluding hydrogens is 417 g/mol. The molecule has 1 unspecified atom stereocenters. The highest BCUT2D eigenvalue weighted by Crippen LogP contribution is 2.42. The number of aryl methyl sites for hydroxylation is 1. The van der Waals surface area contributed by atoms with Gasteiger partial charge in [0.15, 0.2) is 0 Å². The Balaban J connectivity index is 1.76. The number of benzene rings is 2. The lowest BCUT2D eigenvalue weighted by molar-refractivity contribution is -0.241. The van der Waals surface area contributed by atoms with Crippen molar-refractivity contribution < 1.29 is 23.0 Å². The number of aliphatic hydroxyl groups excluding tert-OH is 1. The van der Waals surface area contributed by atoms with Gasteiger partial charge in [0, 0.05) is 30.7 Å². The molecule has 1 aromatic heterocycles. The molecule has 4 rings (SSSR count). The average molecular weight is 447 g/mol. The number of aromatic nitrogens is 1. The van der Waals surface area contributed by atoms with Crippen LogP contribution in [0.1, 0.15) is 43.2 Å². The van der Waals surface area contributed by atoms with E-state index < -0.39 is 23.8 Å². The number of rotatable bonds is 5. The van der Waals surface area contributed by atoms with Gasteiger partial charge in [0.25, 0.3) is 0 Å². The third-order valence-corrected chi connectivity index (χ3v) is 5.81. The quantitative estimate of drug-likeness (QED) is 0.537.